The van der Waals surface area contributed by atoms with E-state index in [1.54, 1.807) is 11.3 Å². The number of amides is 1. The summed E-state index contributed by atoms with van der Waals surface area (Å²) in [4.78, 5) is 20.4. The number of nitrogens with one attached hydrogen (secondary N) is 2. The Balaban J connectivity index is 1.56. The lowest BCUT2D eigenvalue weighted by atomic mass is 10.3. The number of thiazole rings is 1. The van der Waals surface area contributed by atoms with Gasteiger partial charge in [-0.1, -0.05) is 23.9 Å². The molecule has 0 aliphatic rings. The van der Waals surface area contributed by atoms with Crippen LogP contribution in [0.4, 0.5) is 0 Å². The molecule has 8 heteroatoms. The third kappa shape index (κ3) is 3.40. The molecule has 0 saturated carbocycles. The van der Waals surface area contributed by atoms with E-state index in [9.17, 15) is 4.79 Å². The summed E-state index contributed by atoms with van der Waals surface area (Å²) in [5.41, 5.74) is 0.973. The molecule has 1 aromatic carbocycles. The van der Waals surface area contributed by atoms with Crippen molar-refractivity contribution in [3.05, 3.63) is 36.4 Å². The minimum atomic E-state index is -0.184. The first kappa shape index (κ1) is 14.0. The smallest absolute Gasteiger partial charge is 0.231 e. The van der Waals surface area contributed by atoms with Gasteiger partial charge in [-0.2, -0.15) is 5.10 Å². The van der Waals surface area contributed by atoms with Crippen LogP contribution < -0.4 is 5.32 Å². The number of hydrogen-bond donors (Lipinski definition) is 2. The van der Waals surface area contributed by atoms with Gasteiger partial charge in [-0.25, -0.2) is 9.97 Å². The minimum absolute atomic E-state index is 0.0526. The molecule has 3 rings (SSSR count). The normalized spacial score (nSPS) is 12.4. The maximum atomic E-state index is 11.9. The zero-order chi connectivity index (χ0) is 14.7. The fourth-order valence-corrected chi connectivity index (χ4v) is 3.69. The third-order valence-electron chi connectivity index (χ3n) is 2.82. The number of benzene rings is 1. The van der Waals surface area contributed by atoms with E-state index in [4.69, 9.17) is 0 Å². The molecular formula is C13H13N5OS2. The number of aromatic amines is 1. The topological polar surface area (TPSA) is 83.6 Å². The first-order chi connectivity index (χ1) is 10.2. The summed E-state index contributed by atoms with van der Waals surface area (Å²) in [5, 5.41) is 9.38. The average molecular weight is 319 g/mol. The third-order valence-corrected chi connectivity index (χ3v) is 5.00. The molecule has 2 heterocycles. The van der Waals surface area contributed by atoms with Crippen LogP contribution in [0.25, 0.3) is 10.2 Å². The number of carbonyl (C=O) groups is 1. The van der Waals surface area contributed by atoms with E-state index in [0.717, 1.165) is 14.6 Å². The molecule has 6 nitrogen and oxygen atoms in total. The maximum absolute atomic E-state index is 11.9. The van der Waals surface area contributed by atoms with Crippen LogP contribution in [0.5, 0.6) is 0 Å². The van der Waals surface area contributed by atoms with Crippen LogP contribution in [0, 0.1) is 0 Å². The van der Waals surface area contributed by atoms with Gasteiger partial charge in [-0.15, -0.1) is 11.3 Å². The maximum Gasteiger partial charge on any atom is 0.231 e. The van der Waals surface area contributed by atoms with Gasteiger partial charge in [0.2, 0.25) is 5.91 Å². The number of carbonyl (C=O) groups excluding carboxylic acids is 1. The van der Waals surface area contributed by atoms with E-state index >= 15 is 0 Å². The summed E-state index contributed by atoms with van der Waals surface area (Å²) in [5.74, 6) is 0.926. The van der Waals surface area contributed by atoms with Gasteiger partial charge < -0.3 is 5.32 Å². The first-order valence-corrected chi connectivity index (χ1v) is 8.15. The van der Waals surface area contributed by atoms with Crippen LogP contribution in [0.1, 0.15) is 18.8 Å². The molecule has 3 aromatic rings. The number of para-hydroxylation sites is 1. The fourth-order valence-electron chi connectivity index (χ4n) is 1.82. The molecule has 2 aromatic heterocycles. The van der Waals surface area contributed by atoms with Crippen LogP contribution in [0.3, 0.4) is 0 Å². The molecule has 1 amide bonds. The van der Waals surface area contributed by atoms with Crippen LogP contribution in [-0.2, 0) is 4.79 Å². The molecule has 0 bridgehead atoms. The predicted molar refractivity (Wildman–Crippen MR) is 83.3 cm³/mol. The second-order valence-corrected chi connectivity index (χ2v) is 6.65. The molecule has 0 saturated heterocycles. The van der Waals surface area contributed by atoms with Gasteiger partial charge in [0.15, 0.2) is 4.34 Å². The molecule has 2 N–H and O–H groups in total. The van der Waals surface area contributed by atoms with E-state index in [0.29, 0.717) is 11.6 Å². The monoisotopic (exact) mass is 319 g/mol. The van der Waals surface area contributed by atoms with Gasteiger partial charge in [0.05, 0.1) is 22.0 Å². The van der Waals surface area contributed by atoms with Gasteiger partial charge >= 0.3 is 0 Å². The van der Waals surface area contributed by atoms with Crippen LogP contribution >= 0.6 is 23.1 Å². The summed E-state index contributed by atoms with van der Waals surface area (Å²) in [6, 6.07) is 7.77. The number of aromatic nitrogens is 4. The van der Waals surface area contributed by atoms with Gasteiger partial charge in [0, 0.05) is 0 Å². The van der Waals surface area contributed by atoms with Crippen LogP contribution in [0.2, 0.25) is 0 Å². The van der Waals surface area contributed by atoms with E-state index in [-0.39, 0.29) is 11.9 Å². The summed E-state index contributed by atoms with van der Waals surface area (Å²) in [6.07, 6.45) is 1.42. The van der Waals surface area contributed by atoms with Crippen LogP contribution in [-0.4, -0.2) is 31.8 Å². The van der Waals surface area contributed by atoms with E-state index < -0.39 is 0 Å². The number of thioether (sulfide) groups is 1. The highest BCUT2D eigenvalue weighted by Crippen LogP contribution is 2.29. The highest BCUT2D eigenvalue weighted by atomic mass is 32.2. The van der Waals surface area contributed by atoms with Crippen molar-refractivity contribution in [2.45, 2.75) is 17.3 Å². The Morgan fingerprint density at radius 3 is 3.10 bits per heavy atom. The summed E-state index contributed by atoms with van der Waals surface area (Å²) >= 11 is 3.04. The Morgan fingerprint density at radius 2 is 2.33 bits per heavy atom. The Kier molecular flexibility index (Phi) is 4.16. The van der Waals surface area contributed by atoms with Crippen molar-refractivity contribution >= 4 is 39.2 Å². The number of rotatable bonds is 5. The molecule has 1 atom stereocenters. The number of H-pyrrole nitrogens is 1. The van der Waals surface area contributed by atoms with E-state index in [1.807, 2.05) is 31.2 Å². The standard InChI is InChI=1S/C13H13N5OS2/c1-8(12-14-7-15-18-12)16-11(19)6-20-13-17-9-4-2-3-5-10(9)21-13/h2-5,7-8H,6H2,1H3,(H,16,19)(H,14,15,18). The number of fused-ring (bicyclic) bond motifs is 1. The molecule has 0 aliphatic heterocycles. The quantitative estimate of drug-likeness (QED) is 0.705. The van der Waals surface area contributed by atoms with Crippen molar-refractivity contribution in [2.75, 3.05) is 5.75 Å². The molecule has 0 spiro atoms. The number of hydrogen-bond acceptors (Lipinski definition) is 6. The second-order valence-electron chi connectivity index (χ2n) is 4.40. The van der Waals surface area contributed by atoms with Crippen molar-refractivity contribution in [1.82, 2.24) is 25.5 Å². The average Bonchev–Trinajstić information content (AvgIpc) is 3.14. The van der Waals surface area contributed by atoms with Crippen molar-refractivity contribution < 1.29 is 4.79 Å². The van der Waals surface area contributed by atoms with Crippen molar-refractivity contribution in [3.63, 3.8) is 0 Å². The SMILES string of the molecule is CC(NC(=O)CSc1nc2ccccc2s1)c1ncn[nH]1. The van der Waals surface area contributed by atoms with Crippen molar-refractivity contribution in [2.24, 2.45) is 0 Å². The minimum Gasteiger partial charge on any atom is -0.346 e. The molecule has 1 unspecified atom stereocenters. The Bertz CT molecular complexity index is 707. The summed E-state index contributed by atoms with van der Waals surface area (Å²) < 4.78 is 2.04. The molecule has 0 radical (unpaired) electrons. The van der Waals surface area contributed by atoms with Gasteiger partial charge in [-0.3, -0.25) is 9.89 Å². The zero-order valence-electron chi connectivity index (χ0n) is 11.2. The van der Waals surface area contributed by atoms with Crippen molar-refractivity contribution in [1.29, 1.82) is 0 Å². The lowest BCUT2D eigenvalue weighted by Crippen LogP contribution is -2.28. The van der Waals surface area contributed by atoms with E-state index in [1.165, 1.54) is 18.1 Å². The fraction of sp³-hybridized carbons (Fsp3) is 0.231. The Morgan fingerprint density at radius 1 is 1.48 bits per heavy atom. The predicted octanol–water partition coefficient (Wildman–Crippen LogP) is 2.38. The van der Waals surface area contributed by atoms with Gasteiger partial charge in [0.1, 0.15) is 12.2 Å². The summed E-state index contributed by atoms with van der Waals surface area (Å²) in [6.45, 7) is 1.86. The molecule has 0 fully saturated rings. The molecule has 21 heavy (non-hydrogen) atoms. The highest BCUT2D eigenvalue weighted by Gasteiger charge is 2.13. The van der Waals surface area contributed by atoms with E-state index in [2.05, 4.69) is 25.5 Å². The second kappa shape index (κ2) is 6.23. The highest BCUT2D eigenvalue weighted by molar-refractivity contribution is 8.01. The number of nitrogens with zero attached hydrogens (tertiary/aromatic N) is 3. The molecule has 108 valence electrons. The molecular weight excluding hydrogens is 306 g/mol. The van der Waals surface area contributed by atoms with Crippen molar-refractivity contribution in [3.8, 4) is 0 Å². The van der Waals surface area contributed by atoms with Gasteiger partial charge in [0.25, 0.3) is 0 Å². The first-order valence-electron chi connectivity index (χ1n) is 6.35. The largest absolute Gasteiger partial charge is 0.346 e. The molecule has 0 aliphatic carbocycles. The zero-order valence-corrected chi connectivity index (χ0v) is 12.9. The summed E-state index contributed by atoms with van der Waals surface area (Å²) in [7, 11) is 0. The van der Waals surface area contributed by atoms with Crippen LogP contribution in [0.15, 0.2) is 34.9 Å². The Labute approximate surface area is 129 Å². The van der Waals surface area contributed by atoms with Gasteiger partial charge in [-0.05, 0) is 19.1 Å². The lowest BCUT2D eigenvalue weighted by Gasteiger charge is -2.09. The Hall–Kier alpha value is -1.93. The lowest BCUT2D eigenvalue weighted by molar-refractivity contribution is -0.119.